The van der Waals surface area contributed by atoms with E-state index in [9.17, 15) is 9.90 Å². The molecule has 0 radical (unpaired) electrons. The summed E-state index contributed by atoms with van der Waals surface area (Å²) < 4.78 is 10.4. The number of hydrogen-bond acceptors (Lipinski definition) is 4. The lowest BCUT2D eigenvalue weighted by Crippen LogP contribution is -2.23. The first-order valence-corrected chi connectivity index (χ1v) is 7.62. The monoisotopic (exact) mass is 294 g/mol. The molecule has 0 bridgehead atoms. The van der Waals surface area contributed by atoms with Crippen LogP contribution in [0.5, 0.6) is 5.75 Å². The van der Waals surface area contributed by atoms with Crippen molar-refractivity contribution in [2.75, 3.05) is 13.7 Å². The normalized spacial score (nSPS) is 13.5. The van der Waals surface area contributed by atoms with Crippen molar-refractivity contribution in [2.45, 2.75) is 45.6 Å². The number of aliphatic hydroxyl groups excluding tert-OH is 1. The van der Waals surface area contributed by atoms with Crippen LogP contribution in [0, 0.1) is 5.92 Å². The molecule has 1 aromatic carbocycles. The fourth-order valence-electron chi connectivity index (χ4n) is 2.22. The summed E-state index contributed by atoms with van der Waals surface area (Å²) in [6.45, 7) is 4.73. The summed E-state index contributed by atoms with van der Waals surface area (Å²) in [6.07, 6.45) is 2.52. The summed E-state index contributed by atoms with van der Waals surface area (Å²) in [5.74, 6) is -0.181. The Morgan fingerprint density at radius 1 is 1.29 bits per heavy atom. The highest BCUT2D eigenvalue weighted by Gasteiger charge is 2.28. The molecule has 1 aromatic rings. The third-order valence-corrected chi connectivity index (χ3v) is 3.43. The summed E-state index contributed by atoms with van der Waals surface area (Å²) in [7, 11) is 1.36. The number of hydrogen-bond donors (Lipinski definition) is 1. The van der Waals surface area contributed by atoms with Crippen LogP contribution in [0.3, 0.4) is 0 Å². The van der Waals surface area contributed by atoms with E-state index < -0.39 is 12.0 Å². The van der Waals surface area contributed by atoms with Crippen LogP contribution in [0.25, 0.3) is 0 Å². The fourth-order valence-corrected chi connectivity index (χ4v) is 2.22. The van der Waals surface area contributed by atoms with Gasteiger partial charge < -0.3 is 14.6 Å². The van der Waals surface area contributed by atoms with Crippen LogP contribution in [0.2, 0.25) is 0 Å². The van der Waals surface area contributed by atoms with Gasteiger partial charge >= 0.3 is 5.97 Å². The lowest BCUT2D eigenvalue weighted by molar-refractivity contribution is -0.150. The van der Waals surface area contributed by atoms with Gasteiger partial charge in [0.1, 0.15) is 5.75 Å². The third kappa shape index (κ3) is 5.38. The Balaban J connectivity index is 2.86. The number of benzene rings is 1. The molecule has 0 aromatic heterocycles. The molecule has 4 nitrogen and oxygen atoms in total. The number of rotatable bonds is 9. The average molecular weight is 294 g/mol. The number of methoxy groups -OCH3 is 1. The van der Waals surface area contributed by atoms with Crippen LogP contribution in [0.1, 0.15) is 51.2 Å². The summed E-state index contributed by atoms with van der Waals surface area (Å²) in [5.41, 5.74) is 0.690. The number of carbonyl (C=O) groups excluding carboxylic acids is 1. The van der Waals surface area contributed by atoms with E-state index in [-0.39, 0.29) is 5.97 Å². The molecule has 0 aliphatic heterocycles. The maximum absolute atomic E-state index is 11.9. The number of ether oxygens (including phenoxy) is 2. The molecule has 0 saturated heterocycles. The highest BCUT2D eigenvalue weighted by atomic mass is 16.5. The number of esters is 1. The van der Waals surface area contributed by atoms with Crippen molar-refractivity contribution < 1.29 is 19.4 Å². The molecule has 0 saturated carbocycles. The maximum Gasteiger partial charge on any atom is 0.311 e. The van der Waals surface area contributed by atoms with Crippen molar-refractivity contribution in [1.82, 2.24) is 0 Å². The molecular weight excluding hydrogens is 268 g/mol. The van der Waals surface area contributed by atoms with Gasteiger partial charge in [0.25, 0.3) is 0 Å². The van der Waals surface area contributed by atoms with E-state index in [1.165, 1.54) is 7.11 Å². The Bertz CT molecular complexity index is 431. The van der Waals surface area contributed by atoms with Crippen LogP contribution in [-0.4, -0.2) is 24.8 Å². The molecule has 0 aliphatic rings. The molecule has 2 unspecified atom stereocenters. The topological polar surface area (TPSA) is 55.8 Å². The van der Waals surface area contributed by atoms with Crippen molar-refractivity contribution in [1.29, 1.82) is 0 Å². The Morgan fingerprint density at radius 3 is 2.67 bits per heavy atom. The molecule has 2 atom stereocenters. The second-order valence-corrected chi connectivity index (χ2v) is 5.14. The fraction of sp³-hybridized carbons (Fsp3) is 0.588. The van der Waals surface area contributed by atoms with Gasteiger partial charge in [-0.05, 0) is 30.5 Å². The van der Waals surface area contributed by atoms with Crippen LogP contribution < -0.4 is 4.74 Å². The lowest BCUT2D eigenvalue weighted by atomic mass is 9.91. The van der Waals surface area contributed by atoms with Gasteiger partial charge in [0.05, 0.1) is 25.7 Å². The molecule has 0 spiro atoms. The molecule has 118 valence electrons. The zero-order valence-corrected chi connectivity index (χ0v) is 13.2. The van der Waals surface area contributed by atoms with Gasteiger partial charge in [-0.15, -0.1) is 0 Å². The van der Waals surface area contributed by atoms with E-state index in [4.69, 9.17) is 9.47 Å². The summed E-state index contributed by atoms with van der Waals surface area (Å²) in [6, 6.07) is 7.29. The van der Waals surface area contributed by atoms with Gasteiger partial charge in [0.15, 0.2) is 0 Å². The van der Waals surface area contributed by atoms with Gasteiger partial charge in [0, 0.05) is 0 Å². The van der Waals surface area contributed by atoms with Gasteiger partial charge in [-0.25, -0.2) is 0 Å². The van der Waals surface area contributed by atoms with E-state index in [0.29, 0.717) is 24.3 Å². The largest absolute Gasteiger partial charge is 0.494 e. The zero-order chi connectivity index (χ0) is 15.7. The van der Waals surface area contributed by atoms with Crippen molar-refractivity contribution in [3.63, 3.8) is 0 Å². The van der Waals surface area contributed by atoms with Crippen molar-refractivity contribution in [2.24, 2.45) is 5.92 Å². The highest BCUT2D eigenvalue weighted by molar-refractivity contribution is 5.73. The van der Waals surface area contributed by atoms with E-state index in [1.54, 1.807) is 6.07 Å². The van der Waals surface area contributed by atoms with Crippen LogP contribution in [-0.2, 0) is 9.53 Å². The van der Waals surface area contributed by atoms with E-state index in [0.717, 1.165) is 19.3 Å². The van der Waals surface area contributed by atoms with E-state index in [1.807, 2.05) is 25.1 Å². The summed E-state index contributed by atoms with van der Waals surface area (Å²) in [4.78, 5) is 11.9. The smallest absolute Gasteiger partial charge is 0.311 e. The number of aliphatic hydroxyl groups is 1. The van der Waals surface area contributed by atoms with Crippen molar-refractivity contribution in [3.05, 3.63) is 29.8 Å². The van der Waals surface area contributed by atoms with Crippen LogP contribution in [0.15, 0.2) is 24.3 Å². The standard InChI is InChI=1S/C17H26O4/c1-4-6-10-15(17(19)20-3)16(18)13-8-7-9-14(12-13)21-11-5-2/h7-9,12,15-16,18H,4-6,10-11H2,1-3H3. The molecule has 1 rings (SSSR count). The van der Waals surface area contributed by atoms with Crippen molar-refractivity contribution >= 4 is 5.97 Å². The van der Waals surface area contributed by atoms with Gasteiger partial charge in [-0.1, -0.05) is 38.8 Å². The van der Waals surface area contributed by atoms with Gasteiger partial charge in [-0.3, -0.25) is 4.79 Å². The molecule has 21 heavy (non-hydrogen) atoms. The first kappa shape index (κ1) is 17.5. The minimum absolute atomic E-state index is 0.365. The molecule has 4 heteroatoms. The summed E-state index contributed by atoms with van der Waals surface area (Å²) >= 11 is 0. The van der Waals surface area contributed by atoms with Crippen molar-refractivity contribution in [3.8, 4) is 5.75 Å². The van der Waals surface area contributed by atoms with Crippen LogP contribution in [0.4, 0.5) is 0 Å². The number of unbranched alkanes of at least 4 members (excludes halogenated alkanes) is 1. The zero-order valence-electron chi connectivity index (χ0n) is 13.2. The molecule has 0 amide bonds. The average Bonchev–Trinajstić information content (AvgIpc) is 2.52. The van der Waals surface area contributed by atoms with Crippen LogP contribution >= 0.6 is 0 Å². The minimum atomic E-state index is -0.867. The third-order valence-electron chi connectivity index (χ3n) is 3.43. The first-order valence-electron chi connectivity index (χ1n) is 7.62. The number of carbonyl (C=O) groups is 1. The van der Waals surface area contributed by atoms with E-state index in [2.05, 4.69) is 6.92 Å². The second kappa shape index (κ2) is 9.40. The predicted molar refractivity (Wildman–Crippen MR) is 82.2 cm³/mol. The minimum Gasteiger partial charge on any atom is -0.494 e. The van der Waals surface area contributed by atoms with Gasteiger partial charge in [0.2, 0.25) is 0 Å². The molecular formula is C17H26O4. The molecule has 0 aliphatic carbocycles. The Labute approximate surface area is 127 Å². The quantitative estimate of drug-likeness (QED) is 0.708. The summed E-state index contributed by atoms with van der Waals surface area (Å²) in [5, 5.41) is 10.5. The maximum atomic E-state index is 11.9. The Morgan fingerprint density at radius 2 is 2.05 bits per heavy atom. The SMILES string of the molecule is CCCCC(C(=O)OC)C(O)c1cccc(OCCC)c1. The molecule has 0 fully saturated rings. The van der Waals surface area contributed by atoms with E-state index >= 15 is 0 Å². The Hall–Kier alpha value is -1.55. The highest BCUT2D eigenvalue weighted by Crippen LogP contribution is 2.29. The predicted octanol–water partition coefficient (Wildman–Crippen LogP) is 3.49. The second-order valence-electron chi connectivity index (χ2n) is 5.14. The Kier molecular flexibility index (Phi) is 7.83. The first-order chi connectivity index (χ1) is 10.1. The molecule has 0 heterocycles. The van der Waals surface area contributed by atoms with Gasteiger partial charge in [-0.2, -0.15) is 0 Å². The molecule has 1 N–H and O–H groups in total. The lowest BCUT2D eigenvalue weighted by Gasteiger charge is -2.21.